The Labute approximate surface area is 196 Å². The van der Waals surface area contributed by atoms with Crippen LogP contribution in [0.2, 0.25) is 0 Å². The Morgan fingerprint density at radius 3 is 2.88 bits per heavy atom. The highest BCUT2D eigenvalue weighted by Crippen LogP contribution is 2.45. The number of anilines is 2. The largest absolute Gasteiger partial charge is 0.376 e. The number of amides is 2. The average Bonchev–Trinajstić information content (AvgIpc) is 3.57. The lowest BCUT2D eigenvalue weighted by Crippen LogP contribution is -2.46. The third kappa shape index (κ3) is 3.24. The van der Waals surface area contributed by atoms with Crippen molar-refractivity contribution in [2.75, 3.05) is 36.5 Å². The van der Waals surface area contributed by atoms with Crippen molar-refractivity contribution < 1.29 is 14.3 Å². The highest BCUT2D eigenvalue weighted by Gasteiger charge is 2.48. The van der Waals surface area contributed by atoms with Crippen molar-refractivity contribution in [1.82, 2.24) is 24.8 Å². The SMILES string of the molecule is Cn1c(C(=O)NCC2CCCO2)nc2c(N3CCC4(CC3)C(=O)Nc3ccccc34)ncnc21. The Morgan fingerprint density at radius 2 is 2.09 bits per heavy atom. The van der Waals surface area contributed by atoms with E-state index in [1.165, 1.54) is 6.33 Å². The van der Waals surface area contributed by atoms with Crippen LogP contribution in [-0.4, -0.2) is 63.7 Å². The second-order valence-corrected chi connectivity index (χ2v) is 9.28. The van der Waals surface area contributed by atoms with Crippen LogP contribution in [0.1, 0.15) is 41.9 Å². The zero-order valence-electron chi connectivity index (χ0n) is 19.1. The predicted molar refractivity (Wildman–Crippen MR) is 126 cm³/mol. The monoisotopic (exact) mass is 461 g/mol. The quantitative estimate of drug-likeness (QED) is 0.609. The molecule has 34 heavy (non-hydrogen) atoms. The maximum atomic E-state index is 12.9. The summed E-state index contributed by atoms with van der Waals surface area (Å²) < 4.78 is 7.30. The van der Waals surface area contributed by atoms with E-state index >= 15 is 0 Å². The summed E-state index contributed by atoms with van der Waals surface area (Å²) in [7, 11) is 1.79. The molecule has 2 fully saturated rings. The first-order valence-corrected chi connectivity index (χ1v) is 11.8. The van der Waals surface area contributed by atoms with Crippen LogP contribution in [0.15, 0.2) is 30.6 Å². The fraction of sp³-hybridized carbons (Fsp3) is 0.458. The Bertz CT molecular complexity index is 1270. The van der Waals surface area contributed by atoms with E-state index in [1.54, 1.807) is 11.6 Å². The fourth-order valence-corrected chi connectivity index (χ4v) is 5.48. The molecule has 0 aliphatic carbocycles. The first-order valence-electron chi connectivity index (χ1n) is 11.8. The summed E-state index contributed by atoms with van der Waals surface area (Å²) in [6, 6.07) is 7.94. The molecule has 3 aromatic rings. The lowest BCUT2D eigenvalue weighted by Gasteiger charge is -2.38. The van der Waals surface area contributed by atoms with Crippen LogP contribution in [0.5, 0.6) is 0 Å². The van der Waals surface area contributed by atoms with Crippen molar-refractivity contribution in [3.8, 4) is 0 Å². The summed E-state index contributed by atoms with van der Waals surface area (Å²) in [6.07, 6.45) is 4.92. The fourth-order valence-electron chi connectivity index (χ4n) is 5.48. The molecule has 3 aliphatic rings. The first kappa shape index (κ1) is 21.0. The molecule has 1 spiro atoms. The zero-order valence-corrected chi connectivity index (χ0v) is 19.1. The summed E-state index contributed by atoms with van der Waals surface area (Å²) >= 11 is 0. The second-order valence-electron chi connectivity index (χ2n) is 9.28. The molecule has 0 saturated carbocycles. The van der Waals surface area contributed by atoms with E-state index in [-0.39, 0.29) is 17.9 Å². The van der Waals surface area contributed by atoms with Gasteiger partial charge in [0.15, 0.2) is 17.0 Å². The van der Waals surface area contributed by atoms with Gasteiger partial charge < -0.3 is 24.8 Å². The lowest BCUT2D eigenvalue weighted by molar-refractivity contribution is -0.121. The summed E-state index contributed by atoms with van der Waals surface area (Å²) in [5.41, 5.74) is 2.69. The summed E-state index contributed by atoms with van der Waals surface area (Å²) in [6.45, 7) is 2.53. The molecule has 2 amide bonds. The van der Waals surface area contributed by atoms with Gasteiger partial charge in [-0.25, -0.2) is 15.0 Å². The Morgan fingerprint density at radius 1 is 1.26 bits per heavy atom. The zero-order chi connectivity index (χ0) is 23.3. The molecule has 176 valence electrons. The van der Waals surface area contributed by atoms with E-state index in [0.29, 0.717) is 55.3 Å². The standard InChI is InChI=1S/C24H27N7O3/c1-30-19-18(29-21(30)22(32)25-13-15-5-4-12-34-15)20(27-14-26-19)31-10-8-24(9-11-31)16-6-2-3-7-17(16)28-23(24)33/h2-3,6-7,14-15H,4-5,8-13H2,1H3,(H,25,32)(H,28,33). The van der Waals surface area contributed by atoms with E-state index in [2.05, 4.69) is 30.5 Å². The topological polar surface area (TPSA) is 114 Å². The number of hydrogen-bond donors (Lipinski definition) is 2. The summed E-state index contributed by atoms with van der Waals surface area (Å²) in [5, 5.41) is 5.98. The van der Waals surface area contributed by atoms with Crippen molar-refractivity contribution in [3.63, 3.8) is 0 Å². The van der Waals surface area contributed by atoms with Crippen molar-refractivity contribution in [2.45, 2.75) is 37.2 Å². The van der Waals surface area contributed by atoms with Gasteiger partial charge in [-0.3, -0.25) is 9.59 Å². The highest BCUT2D eigenvalue weighted by atomic mass is 16.5. The van der Waals surface area contributed by atoms with Gasteiger partial charge in [-0.2, -0.15) is 0 Å². The van der Waals surface area contributed by atoms with E-state index in [4.69, 9.17) is 4.74 Å². The van der Waals surface area contributed by atoms with Crippen molar-refractivity contribution in [1.29, 1.82) is 0 Å². The molecule has 2 saturated heterocycles. The van der Waals surface area contributed by atoms with Crippen molar-refractivity contribution >= 4 is 34.5 Å². The van der Waals surface area contributed by atoms with Crippen molar-refractivity contribution in [3.05, 3.63) is 42.0 Å². The van der Waals surface area contributed by atoms with E-state index in [1.807, 2.05) is 24.3 Å². The molecular weight excluding hydrogens is 434 g/mol. The van der Waals surface area contributed by atoms with Gasteiger partial charge in [-0.1, -0.05) is 18.2 Å². The number of nitrogens with one attached hydrogen (secondary N) is 2. The van der Waals surface area contributed by atoms with Gasteiger partial charge in [0, 0.05) is 39.0 Å². The maximum absolute atomic E-state index is 12.9. The minimum Gasteiger partial charge on any atom is -0.376 e. The number of aryl methyl sites for hydroxylation is 1. The Balaban J connectivity index is 1.24. The van der Waals surface area contributed by atoms with Gasteiger partial charge in [-0.05, 0) is 37.3 Å². The lowest BCUT2D eigenvalue weighted by atomic mass is 9.73. The highest BCUT2D eigenvalue weighted by molar-refractivity contribution is 6.06. The van der Waals surface area contributed by atoms with Crippen LogP contribution in [0.3, 0.4) is 0 Å². The third-order valence-corrected chi connectivity index (χ3v) is 7.40. The molecule has 10 nitrogen and oxygen atoms in total. The normalized spacial score (nSPS) is 21.1. The first-order chi connectivity index (χ1) is 16.6. The minimum absolute atomic E-state index is 0.0626. The molecule has 2 aromatic heterocycles. The number of nitrogens with zero attached hydrogens (tertiary/aromatic N) is 5. The molecule has 10 heteroatoms. The van der Waals surface area contributed by atoms with Crippen LogP contribution in [0.4, 0.5) is 11.5 Å². The minimum atomic E-state index is -0.503. The average molecular weight is 462 g/mol. The number of benzene rings is 1. The number of hydrogen-bond acceptors (Lipinski definition) is 7. The molecule has 6 rings (SSSR count). The number of ether oxygens (including phenoxy) is 1. The molecule has 3 aliphatic heterocycles. The number of carbonyl (C=O) groups excluding carboxylic acids is 2. The molecule has 5 heterocycles. The van der Waals surface area contributed by atoms with Crippen LogP contribution >= 0.6 is 0 Å². The number of aromatic nitrogens is 4. The molecule has 0 bridgehead atoms. The third-order valence-electron chi connectivity index (χ3n) is 7.40. The molecule has 1 aromatic carbocycles. The number of carbonyl (C=O) groups is 2. The van der Waals surface area contributed by atoms with Crippen LogP contribution in [0.25, 0.3) is 11.2 Å². The van der Waals surface area contributed by atoms with Crippen LogP contribution in [0, 0.1) is 0 Å². The molecule has 1 atom stereocenters. The van der Waals surface area contributed by atoms with Gasteiger partial charge in [0.2, 0.25) is 11.7 Å². The van der Waals surface area contributed by atoms with E-state index in [0.717, 1.165) is 30.7 Å². The number of imidazole rings is 1. The smallest absolute Gasteiger partial charge is 0.287 e. The molecule has 0 radical (unpaired) electrons. The van der Waals surface area contributed by atoms with Gasteiger partial charge >= 0.3 is 0 Å². The molecule has 2 N–H and O–H groups in total. The number of para-hydroxylation sites is 1. The second kappa shape index (κ2) is 8.05. The van der Waals surface area contributed by atoms with Crippen LogP contribution in [-0.2, 0) is 22.0 Å². The molecule has 1 unspecified atom stereocenters. The Kier molecular flexibility index (Phi) is 4.98. The summed E-state index contributed by atoms with van der Waals surface area (Å²) in [4.78, 5) is 41.4. The van der Waals surface area contributed by atoms with Gasteiger partial charge in [0.25, 0.3) is 5.91 Å². The summed E-state index contributed by atoms with van der Waals surface area (Å²) in [5.74, 6) is 0.815. The Hall–Kier alpha value is -3.53. The van der Waals surface area contributed by atoms with Gasteiger partial charge in [-0.15, -0.1) is 0 Å². The van der Waals surface area contributed by atoms with E-state index in [9.17, 15) is 9.59 Å². The van der Waals surface area contributed by atoms with Crippen molar-refractivity contribution in [2.24, 2.45) is 7.05 Å². The maximum Gasteiger partial charge on any atom is 0.287 e. The number of rotatable bonds is 4. The predicted octanol–water partition coefficient (Wildman–Crippen LogP) is 1.76. The van der Waals surface area contributed by atoms with Gasteiger partial charge in [0.05, 0.1) is 11.5 Å². The van der Waals surface area contributed by atoms with Crippen LogP contribution < -0.4 is 15.5 Å². The molecular formula is C24H27N7O3. The van der Waals surface area contributed by atoms with Gasteiger partial charge in [0.1, 0.15) is 6.33 Å². The van der Waals surface area contributed by atoms with E-state index < -0.39 is 5.41 Å². The number of piperidine rings is 1. The number of fused-ring (bicyclic) bond motifs is 3.